The first-order valence-corrected chi connectivity index (χ1v) is 15.9. The van der Waals surface area contributed by atoms with Gasteiger partial charge < -0.3 is 15.7 Å². The number of aromatic nitrogens is 1. The third-order valence-electron chi connectivity index (χ3n) is 9.22. The van der Waals surface area contributed by atoms with Crippen LogP contribution in [0.5, 0.6) is 0 Å². The van der Waals surface area contributed by atoms with E-state index in [0.717, 1.165) is 23.1 Å². The van der Waals surface area contributed by atoms with Gasteiger partial charge in [0.2, 0.25) is 10.0 Å². The van der Waals surface area contributed by atoms with Crippen molar-refractivity contribution < 1.29 is 27.9 Å². The van der Waals surface area contributed by atoms with E-state index in [4.69, 9.17) is 0 Å². The summed E-state index contributed by atoms with van der Waals surface area (Å²) < 4.78 is 28.8. The van der Waals surface area contributed by atoms with Crippen molar-refractivity contribution in [2.75, 3.05) is 11.1 Å². The zero-order chi connectivity index (χ0) is 30.8. The summed E-state index contributed by atoms with van der Waals surface area (Å²) in [7, 11) is -4.06. The smallest absolute Gasteiger partial charge is 0.322 e. The Balaban J connectivity index is 1.21. The van der Waals surface area contributed by atoms with Crippen molar-refractivity contribution in [1.29, 1.82) is 0 Å². The molecule has 11 heteroatoms. The van der Waals surface area contributed by atoms with Crippen molar-refractivity contribution >= 4 is 33.5 Å². The lowest BCUT2D eigenvalue weighted by Crippen LogP contribution is -2.49. The number of carboxylic acids is 1. The standard InChI is InChI=1S/C32H36N4O6S/c1-31(2)25-12-13-32(31,28(37)17-25)20-43(41,42)36-27(29(38)39)15-21-8-10-23(11-9-21)24-6-3-7-26(16-24)35-30(40)34-19-22-5-4-14-33-18-22/h3-11,14,16,18,25,27,36H,12-13,15,17,19-20H2,1-2H3,(H,38,39)(H2,34,35,40)/t25-,27?,32-/m1/s1. The van der Waals surface area contributed by atoms with Crippen LogP contribution in [0.2, 0.25) is 0 Å². The Labute approximate surface area is 251 Å². The van der Waals surface area contributed by atoms with Gasteiger partial charge in [-0.05, 0) is 71.0 Å². The molecule has 10 nitrogen and oxygen atoms in total. The summed E-state index contributed by atoms with van der Waals surface area (Å²) in [5, 5.41) is 15.4. The number of fused-ring (bicyclic) bond motifs is 2. The molecule has 0 spiro atoms. The molecule has 0 aliphatic heterocycles. The fraction of sp³-hybridized carbons (Fsp3) is 0.375. The number of Topliss-reactive ketones (excluding diaryl/α,β-unsaturated/α-hetero) is 1. The van der Waals surface area contributed by atoms with E-state index in [9.17, 15) is 27.9 Å². The number of amides is 2. The van der Waals surface area contributed by atoms with E-state index >= 15 is 0 Å². The molecule has 1 aromatic heterocycles. The summed E-state index contributed by atoms with van der Waals surface area (Å²) in [5.74, 6) is -1.55. The van der Waals surface area contributed by atoms with Crippen molar-refractivity contribution in [3.05, 3.63) is 84.2 Å². The van der Waals surface area contributed by atoms with E-state index in [1.165, 1.54) is 0 Å². The summed E-state index contributed by atoms with van der Waals surface area (Å²) in [5.41, 5.74) is 2.38. The van der Waals surface area contributed by atoms with Gasteiger partial charge >= 0.3 is 12.0 Å². The molecule has 2 aliphatic rings. The summed E-state index contributed by atoms with van der Waals surface area (Å²) >= 11 is 0. The molecule has 3 atom stereocenters. The minimum absolute atomic E-state index is 0.0359. The van der Waals surface area contributed by atoms with Crippen LogP contribution in [-0.4, -0.2) is 48.1 Å². The molecule has 4 N–H and O–H groups in total. The third-order valence-corrected chi connectivity index (χ3v) is 10.7. The van der Waals surface area contributed by atoms with E-state index in [2.05, 4.69) is 20.3 Å². The molecule has 2 amide bonds. The lowest BCUT2D eigenvalue weighted by Gasteiger charge is -2.36. The van der Waals surface area contributed by atoms with Gasteiger partial charge in [0.25, 0.3) is 0 Å². The van der Waals surface area contributed by atoms with Crippen molar-refractivity contribution in [2.24, 2.45) is 16.7 Å². The monoisotopic (exact) mass is 604 g/mol. The van der Waals surface area contributed by atoms with Crippen molar-refractivity contribution in [3.63, 3.8) is 0 Å². The molecule has 0 radical (unpaired) electrons. The summed E-state index contributed by atoms with van der Waals surface area (Å²) in [4.78, 5) is 41.3. The molecule has 1 unspecified atom stereocenters. The third kappa shape index (κ3) is 6.47. The van der Waals surface area contributed by atoms with Crippen LogP contribution in [-0.2, 0) is 32.6 Å². The molecule has 2 saturated carbocycles. The number of carboxylic acid groups (broad SMARTS) is 1. The minimum atomic E-state index is -4.06. The van der Waals surface area contributed by atoms with Crippen LogP contribution in [0.1, 0.15) is 44.2 Å². The van der Waals surface area contributed by atoms with Gasteiger partial charge in [-0.3, -0.25) is 14.6 Å². The second kappa shape index (κ2) is 11.9. The number of hydrogen-bond acceptors (Lipinski definition) is 6. The first-order valence-electron chi connectivity index (χ1n) is 14.3. The number of pyridine rings is 1. The Morgan fingerprint density at radius 1 is 1.05 bits per heavy atom. The maximum absolute atomic E-state index is 13.2. The van der Waals surface area contributed by atoms with Crippen molar-refractivity contribution in [3.8, 4) is 11.1 Å². The van der Waals surface area contributed by atoms with Gasteiger partial charge in [0.1, 0.15) is 11.8 Å². The van der Waals surface area contributed by atoms with Crippen molar-refractivity contribution in [1.82, 2.24) is 15.0 Å². The summed E-state index contributed by atoms with van der Waals surface area (Å²) in [6.07, 6.45) is 4.99. The Morgan fingerprint density at radius 2 is 1.81 bits per heavy atom. The fourth-order valence-electron chi connectivity index (χ4n) is 6.58. The summed E-state index contributed by atoms with van der Waals surface area (Å²) in [6.45, 7) is 4.24. The SMILES string of the molecule is CC1(C)[C@@H]2CC[C@@]1(CS(=O)(=O)NC(Cc1ccc(-c3cccc(NC(=O)NCc4cccnc4)c3)cc1)C(=O)O)C(=O)C2. The molecule has 226 valence electrons. The zero-order valence-corrected chi connectivity index (χ0v) is 25.0. The molecular weight excluding hydrogens is 568 g/mol. The van der Waals surface area contributed by atoms with Crippen LogP contribution in [0.3, 0.4) is 0 Å². The van der Waals surface area contributed by atoms with Crippen LogP contribution < -0.4 is 15.4 Å². The van der Waals surface area contributed by atoms with Crippen molar-refractivity contribution in [2.45, 2.75) is 52.1 Å². The Morgan fingerprint density at radius 3 is 2.44 bits per heavy atom. The number of urea groups is 1. The molecule has 2 bridgehead atoms. The number of ketones is 1. The maximum atomic E-state index is 13.2. The van der Waals surface area contributed by atoms with E-state index in [-0.39, 0.29) is 24.2 Å². The molecule has 2 aliphatic carbocycles. The van der Waals surface area contributed by atoms with Gasteiger partial charge in [-0.1, -0.05) is 56.3 Å². The summed E-state index contributed by atoms with van der Waals surface area (Å²) in [6, 6.07) is 16.4. The van der Waals surface area contributed by atoms with Crippen LogP contribution in [0.4, 0.5) is 10.5 Å². The number of nitrogens with one attached hydrogen (secondary N) is 3. The number of carbonyl (C=O) groups is 3. The second-order valence-electron chi connectivity index (χ2n) is 12.1. The average Bonchev–Trinajstić information content (AvgIpc) is 3.31. The largest absolute Gasteiger partial charge is 0.480 e. The van der Waals surface area contributed by atoms with E-state index < -0.39 is 38.6 Å². The number of anilines is 1. The molecule has 0 saturated heterocycles. The lowest BCUT2D eigenvalue weighted by molar-refractivity contribution is -0.138. The molecule has 3 aromatic rings. The van der Waals surface area contributed by atoms with E-state index in [1.807, 2.05) is 50.2 Å². The average molecular weight is 605 g/mol. The van der Waals surface area contributed by atoms with E-state index in [0.29, 0.717) is 30.6 Å². The topological polar surface area (TPSA) is 155 Å². The number of nitrogens with zero attached hydrogens (tertiary/aromatic N) is 1. The molecular formula is C32H36N4O6S. The van der Waals surface area contributed by atoms with Gasteiger partial charge in [0, 0.05) is 36.5 Å². The number of aliphatic carboxylic acids is 1. The van der Waals surface area contributed by atoms with Gasteiger partial charge in [0.05, 0.1) is 5.75 Å². The van der Waals surface area contributed by atoms with Gasteiger partial charge in [-0.15, -0.1) is 0 Å². The van der Waals surface area contributed by atoms with Crippen LogP contribution in [0, 0.1) is 16.7 Å². The maximum Gasteiger partial charge on any atom is 0.322 e. The first kappa shape index (κ1) is 30.4. The molecule has 43 heavy (non-hydrogen) atoms. The number of benzene rings is 2. The minimum Gasteiger partial charge on any atom is -0.480 e. The highest BCUT2D eigenvalue weighted by molar-refractivity contribution is 7.89. The highest BCUT2D eigenvalue weighted by Crippen LogP contribution is 2.64. The number of carbonyl (C=O) groups excluding carboxylic acids is 2. The fourth-order valence-corrected chi connectivity index (χ4v) is 8.60. The predicted molar refractivity (Wildman–Crippen MR) is 163 cm³/mol. The van der Waals surface area contributed by atoms with Gasteiger partial charge in [0.15, 0.2) is 0 Å². The van der Waals surface area contributed by atoms with Crippen LogP contribution in [0.25, 0.3) is 11.1 Å². The van der Waals surface area contributed by atoms with E-state index in [1.54, 1.807) is 36.7 Å². The quantitative estimate of drug-likeness (QED) is 0.253. The van der Waals surface area contributed by atoms with Crippen LogP contribution in [0.15, 0.2) is 73.1 Å². The first-order chi connectivity index (χ1) is 20.4. The molecule has 1 heterocycles. The molecule has 2 aromatic carbocycles. The molecule has 5 rings (SSSR count). The highest BCUT2D eigenvalue weighted by Gasteiger charge is 2.65. The lowest BCUT2D eigenvalue weighted by atomic mass is 9.70. The highest BCUT2D eigenvalue weighted by atomic mass is 32.2. The zero-order valence-electron chi connectivity index (χ0n) is 24.2. The Bertz CT molecular complexity index is 1630. The number of hydrogen-bond donors (Lipinski definition) is 4. The number of rotatable bonds is 11. The second-order valence-corrected chi connectivity index (χ2v) is 13.8. The van der Waals surface area contributed by atoms with Gasteiger partial charge in [-0.25, -0.2) is 17.9 Å². The Kier molecular flexibility index (Phi) is 8.40. The molecule has 2 fully saturated rings. The van der Waals surface area contributed by atoms with Crippen LogP contribution >= 0.6 is 0 Å². The normalized spacial score (nSPS) is 21.3. The predicted octanol–water partition coefficient (Wildman–Crippen LogP) is 4.38. The Hall–Kier alpha value is -4.09. The van der Waals surface area contributed by atoms with Gasteiger partial charge in [-0.2, -0.15) is 0 Å². The number of sulfonamides is 1.